The molecular formula is C21H43NO. The van der Waals surface area contributed by atoms with E-state index in [0.29, 0.717) is 0 Å². The third kappa shape index (κ3) is 19.4. The van der Waals surface area contributed by atoms with Crippen LogP contribution in [0.2, 0.25) is 0 Å². The minimum absolute atomic E-state index is 0.262. The standard InChI is InChI=1S/C21H43NO/c1-3-5-7-9-11-12-14-16-18-20-22-21(23)19-17-15-13-10-8-6-4-2/h3-20H2,1-2H3,(H,22,23). The number of hydrogen-bond donors (Lipinski definition) is 1. The Morgan fingerprint density at radius 2 is 0.957 bits per heavy atom. The highest BCUT2D eigenvalue weighted by molar-refractivity contribution is 5.75. The average molecular weight is 326 g/mol. The highest BCUT2D eigenvalue weighted by Gasteiger charge is 2.00. The minimum atomic E-state index is 0.262. The molecule has 0 spiro atoms. The molecular weight excluding hydrogens is 282 g/mol. The van der Waals surface area contributed by atoms with Gasteiger partial charge in [-0.25, -0.2) is 0 Å². The predicted molar refractivity (Wildman–Crippen MR) is 103 cm³/mol. The van der Waals surface area contributed by atoms with Crippen LogP contribution in [0.3, 0.4) is 0 Å². The van der Waals surface area contributed by atoms with Crippen LogP contribution < -0.4 is 5.32 Å². The van der Waals surface area contributed by atoms with Crippen LogP contribution in [0.25, 0.3) is 0 Å². The topological polar surface area (TPSA) is 29.1 Å². The number of carbonyl (C=O) groups is 1. The van der Waals surface area contributed by atoms with Crippen molar-refractivity contribution in [3.8, 4) is 0 Å². The van der Waals surface area contributed by atoms with Crippen molar-refractivity contribution in [1.29, 1.82) is 0 Å². The van der Waals surface area contributed by atoms with E-state index in [4.69, 9.17) is 0 Å². The van der Waals surface area contributed by atoms with E-state index in [9.17, 15) is 4.79 Å². The second-order valence-electron chi connectivity index (χ2n) is 7.05. The first-order valence-electron chi connectivity index (χ1n) is 10.6. The van der Waals surface area contributed by atoms with Gasteiger partial charge < -0.3 is 5.32 Å². The van der Waals surface area contributed by atoms with Crippen molar-refractivity contribution in [2.24, 2.45) is 0 Å². The van der Waals surface area contributed by atoms with Crippen molar-refractivity contribution in [2.75, 3.05) is 6.54 Å². The molecule has 0 bridgehead atoms. The average Bonchev–Trinajstić information content (AvgIpc) is 2.55. The zero-order valence-electron chi connectivity index (χ0n) is 16.1. The number of carbonyl (C=O) groups excluding carboxylic acids is 1. The Labute approximate surface area is 146 Å². The van der Waals surface area contributed by atoms with E-state index in [2.05, 4.69) is 19.2 Å². The molecule has 0 aliphatic heterocycles. The molecule has 2 nitrogen and oxygen atoms in total. The van der Waals surface area contributed by atoms with Gasteiger partial charge in [-0.1, -0.05) is 104 Å². The van der Waals surface area contributed by atoms with E-state index in [1.54, 1.807) is 0 Å². The molecule has 2 heteroatoms. The Balaban J connectivity index is 3.13. The lowest BCUT2D eigenvalue weighted by Gasteiger charge is -2.05. The zero-order valence-corrected chi connectivity index (χ0v) is 16.1. The molecule has 0 unspecified atom stereocenters. The second-order valence-corrected chi connectivity index (χ2v) is 7.05. The summed E-state index contributed by atoms with van der Waals surface area (Å²) in [5.74, 6) is 0.262. The Hall–Kier alpha value is -0.530. The normalized spacial score (nSPS) is 10.9. The quantitative estimate of drug-likeness (QED) is 0.277. The van der Waals surface area contributed by atoms with Gasteiger partial charge in [-0.3, -0.25) is 4.79 Å². The van der Waals surface area contributed by atoms with E-state index >= 15 is 0 Å². The fraction of sp³-hybridized carbons (Fsp3) is 0.952. The smallest absolute Gasteiger partial charge is 0.219 e. The molecule has 0 rings (SSSR count). The fourth-order valence-corrected chi connectivity index (χ4v) is 2.99. The predicted octanol–water partition coefficient (Wildman–Crippen LogP) is 6.77. The lowest BCUT2D eigenvalue weighted by molar-refractivity contribution is -0.121. The lowest BCUT2D eigenvalue weighted by Crippen LogP contribution is -2.23. The molecule has 1 N–H and O–H groups in total. The van der Waals surface area contributed by atoms with Crippen LogP contribution in [0.15, 0.2) is 0 Å². The summed E-state index contributed by atoms with van der Waals surface area (Å²) in [6, 6.07) is 0. The summed E-state index contributed by atoms with van der Waals surface area (Å²) in [5.41, 5.74) is 0. The Morgan fingerprint density at radius 3 is 1.43 bits per heavy atom. The molecule has 23 heavy (non-hydrogen) atoms. The summed E-state index contributed by atoms with van der Waals surface area (Å²) in [5, 5.41) is 3.07. The van der Waals surface area contributed by atoms with Crippen LogP contribution in [0.4, 0.5) is 0 Å². The largest absolute Gasteiger partial charge is 0.356 e. The van der Waals surface area contributed by atoms with E-state index < -0.39 is 0 Å². The van der Waals surface area contributed by atoms with Crippen molar-refractivity contribution >= 4 is 5.91 Å². The molecule has 0 aromatic heterocycles. The maximum atomic E-state index is 11.7. The van der Waals surface area contributed by atoms with Gasteiger partial charge in [0, 0.05) is 13.0 Å². The molecule has 0 radical (unpaired) electrons. The van der Waals surface area contributed by atoms with Crippen LogP contribution >= 0.6 is 0 Å². The van der Waals surface area contributed by atoms with Gasteiger partial charge in [-0.2, -0.15) is 0 Å². The SMILES string of the molecule is CCCCCCCCCCCNC(=O)CCCCCCCCC. The van der Waals surface area contributed by atoms with Gasteiger partial charge in [0.1, 0.15) is 0 Å². The van der Waals surface area contributed by atoms with Crippen LogP contribution in [-0.2, 0) is 4.79 Å². The van der Waals surface area contributed by atoms with Gasteiger partial charge >= 0.3 is 0 Å². The number of amides is 1. The van der Waals surface area contributed by atoms with Gasteiger partial charge in [0.2, 0.25) is 5.91 Å². The van der Waals surface area contributed by atoms with E-state index in [0.717, 1.165) is 25.8 Å². The summed E-state index contributed by atoms with van der Waals surface area (Å²) >= 11 is 0. The van der Waals surface area contributed by atoms with Crippen molar-refractivity contribution in [2.45, 2.75) is 123 Å². The summed E-state index contributed by atoms with van der Waals surface area (Å²) < 4.78 is 0. The second kappa shape index (κ2) is 19.5. The van der Waals surface area contributed by atoms with Gasteiger partial charge in [-0.05, 0) is 12.8 Å². The summed E-state index contributed by atoms with van der Waals surface area (Å²) in [7, 11) is 0. The molecule has 0 heterocycles. The van der Waals surface area contributed by atoms with Crippen LogP contribution in [-0.4, -0.2) is 12.5 Å². The molecule has 0 aliphatic carbocycles. The molecule has 0 saturated heterocycles. The Bertz CT molecular complexity index is 240. The van der Waals surface area contributed by atoms with Crippen LogP contribution in [0, 0.1) is 0 Å². The maximum Gasteiger partial charge on any atom is 0.219 e. The van der Waals surface area contributed by atoms with Gasteiger partial charge in [0.25, 0.3) is 0 Å². The lowest BCUT2D eigenvalue weighted by atomic mass is 10.1. The van der Waals surface area contributed by atoms with Crippen molar-refractivity contribution in [3.05, 3.63) is 0 Å². The Morgan fingerprint density at radius 1 is 0.565 bits per heavy atom. The first-order chi connectivity index (χ1) is 11.3. The maximum absolute atomic E-state index is 11.7. The molecule has 0 saturated carbocycles. The summed E-state index contributed by atoms with van der Waals surface area (Å²) in [6.45, 7) is 5.39. The van der Waals surface area contributed by atoms with Crippen molar-refractivity contribution in [3.63, 3.8) is 0 Å². The third-order valence-electron chi connectivity index (χ3n) is 4.61. The van der Waals surface area contributed by atoms with Gasteiger partial charge in [0.05, 0.1) is 0 Å². The highest BCUT2D eigenvalue weighted by Crippen LogP contribution is 2.10. The monoisotopic (exact) mass is 325 g/mol. The molecule has 0 atom stereocenters. The fourth-order valence-electron chi connectivity index (χ4n) is 2.99. The molecule has 0 aromatic carbocycles. The van der Waals surface area contributed by atoms with E-state index in [1.165, 1.54) is 89.9 Å². The number of rotatable bonds is 18. The molecule has 0 fully saturated rings. The van der Waals surface area contributed by atoms with Crippen molar-refractivity contribution < 1.29 is 4.79 Å². The van der Waals surface area contributed by atoms with Crippen molar-refractivity contribution in [1.82, 2.24) is 5.32 Å². The summed E-state index contributed by atoms with van der Waals surface area (Å²) in [4.78, 5) is 11.7. The molecule has 0 aliphatic rings. The van der Waals surface area contributed by atoms with Crippen LogP contribution in [0.1, 0.15) is 123 Å². The summed E-state index contributed by atoms with van der Waals surface area (Å²) in [6.07, 6.45) is 21.7. The van der Waals surface area contributed by atoms with Gasteiger partial charge in [-0.15, -0.1) is 0 Å². The van der Waals surface area contributed by atoms with Crippen LogP contribution in [0.5, 0.6) is 0 Å². The van der Waals surface area contributed by atoms with Gasteiger partial charge in [0.15, 0.2) is 0 Å². The first kappa shape index (κ1) is 22.5. The number of hydrogen-bond acceptors (Lipinski definition) is 1. The molecule has 138 valence electrons. The number of unbranched alkanes of at least 4 members (excludes halogenated alkanes) is 14. The van der Waals surface area contributed by atoms with E-state index in [1.807, 2.05) is 0 Å². The third-order valence-corrected chi connectivity index (χ3v) is 4.61. The molecule has 0 aromatic rings. The first-order valence-corrected chi connectivity index (χ1v) is 10.6. The van der Waals surface area contributed by atoms with E-state index in [-0.39, 0.29) is 5.91 Å². The zero-order chi connectivity index (χ0) is 17.0. The number of nitrogens with one attached hydrogen (secondary N) is 1. The molecule has 1 amide bonds. The minimum Gasteiger partial charge on any atom is -0.356 e. The highest BCUT2D eigenvalue weighted by atomic mass is 16.1. The Kier molecular flexibility index (Phi) is 19.1.